The second-order valence-electron chi connectivity index (χ2n) is 8.02. The number of carbonyl (C=O) groups is 2. The van der Waals surface area contributed by atoms with E-state index in [4.69, 9.17) is 4.74 Å². The number of amides is 2. The van der Waals surface area contributed by atoms with Gasteiger partial charge in [-0.25, -0.2) is 4.79 Å². The van der Waals surface area contributed by atoms with Gasteiger partial charge in [0.05, 0.1) is 13.1 Å². The fourth-order valence-corrected chi connectivity index (χ4v) is 3.87. The molecule has 0 saturated carbocycles. The molecule has 0 aliphatic carbocycles. The van der Waals surface area contributed by atoms with Crippen LogP contribution < -0.4 is 10.1 Å². The van der Waals surface area contributed by atoms with Crippen LogP contribution in [0.2, 0.25) is 0 Å². The van der Waals surface area contributed by atoms with Crippen molar-refractivity contribution in [1.82, 2.24) is 9.88 Å². The van der Waals surface area contributed by atoms with E-state index in [0.717, 1.165) is 27.7 Å². The number of alkyl carbamates (subject to hydrolysis) is 1. The number of hydrogen-bond donors (Lipinski definition) is 1. The van der Waals surface area contributed by atoms with Crippen molar-refractivity contribution in [3.63, 3.8) is 0 Å². The molecule has 32 heavy (non-hydrogen) atoms. The molecule has 0 saturated heterocycles. The van der Waals surface area contributed by atoms with E-state index in [9.17, 15) is 22.8 Å². The summed E-state index contributed by atoms with van der Waals surface area (Å²) < 4.78 is 45.0. The van der Waals surface area contributed by atoms with E-state index in [1.807, 2.05) is 42.5 Å². The molecule has 1 aromatic heterocycles. The molecule has 2 amide bonds. The molecule has 0 spiro atoms. The minimum Gasteiger partial charge on any atom is -0.444 e. The molecule has 0 aliphatic rings. The molecule has 1 heterocycles. The predicted octanol–water partition coefficient (Wildman–Crippen LogP) is 4.77. The first-order valence-electron chi connectivity index (χ1n) is 9.71. The topological polar surface area (TPSA) is 72.7 Å². The largest absolute Gasteiger partial charge is 0.473 e. The summed E-state index contributed by atoms with van der Waals surface area (Å²) in [6.45, 7) is 5.37. The summed E-state index contributed by atoms with van der Waals surface area (Å²) in [6.07, 6.45) is -4.15. The highest BCUT2D eigenvalue weighted by atomic mass is 32.1. The second-order valence-corrected chi connectivity index (χ2v) is 9.11. The molecule has 3 aromatic rings. The Hall–Kier alpha value is -3.14. The highest BCUT2D eigenvalue weighted by Gasteiger charge is 2.38. The molecule has 2 aromatic carbocycles. The standard InChI is InChI=1S/C22H22F3N3O3S/c1-21(2,3)31-20(30)26-11-16-13-28(19(32-16)27-18(29)22(23,24)25)12-15-9-6-8-14-7-4-5-10-17(14)15/h4-10,13H,11-12H2,1-3H3,(H,26,30). The summed E-state index contributed by atoms with van der Waals surface area (Å²) in [5.41, 5.74) is 0.168. The van der Waals surface area contributed by atoms with Crippen LogP contribution in [0.15, 0.2) is 53.7 Å². The minimum atomic E-state index is -5.07. The maximum Gasteiger partial charge on any atom is 0.473 e. The van der Waals surface area contributed by atoms with Gasteiger partial charge in [-0.3, -0.25) is 4.79 Å². The smallest absolute Gasteiger partial charge is 0.444 e. The number of aromatic nitrogens is 1. The Kier molecular flexibility index (Phi) is 6.73. The molecule has 0 atom stereocenters. The zero-order valence-corrected chi connectivity index (χ0v) is 18.5. The van der Waals surface area contributed by atoms with E-state index in [-0.39, 0.29) is 17.9 Å². The Labute approximate surface area is 186 Å². The van der Waals surface area contributed by atoms with E-state index >= 15 is 0 Å². The van der Waals surface area contributed by atoms with E-state index in [2.05, 4.69) is 10.3 Å². The molecule has 6 nitrogen and oxygen atoms in total. The Morgan fingerprint density at radius 3 is 2.47 bits per heavy atom. The lowest BCUT2D eigenvalue weighted by atomic mass is 10.0. The molecule has 0 bridgehead atoms. The van der Waals surface area contributed by atoms with Gasteiger partial charge in [0.2, 0.25) is 0 Å². The van der Waals surface area contributed by atoms with Crippen molar-refractivity contribution in [1.29, 1.82) is 0 Å². The maximum atomic E-state index is 12.8. The Balaban J connectivity index is 1.93. The molecule has 3 rings (SSSR count). The minimum absolute atomic E-state index is 0.0187. The molecule has 0 unspecified atom stereocenters. The number of hydrogen-bond acceptors (Lipinski definition) is 4. The number of carbonyl (C=O) groups excluding carboxylic acids is 2. The Morgan fingerprint density at radius 1 is 1.09 bits per heavy atom. The lowest BCUT2D eigenvalue weighted by Gasteiger charge is -2.19. The van der Waals surface area contributed by atoms with Gasteiger partial charge in [0, 0.05) is 11.1 Å². The summed E-state index contributed by atoms with van der Waals surface area (Å²) in [4.78, 5) is 27.1. The van der Waals surface area contributed by atoms with Crippen molar-refractivity contribution in [2.45, 2.75) is 45.6 Å². The number of rotatable bonds is 4. The average molecular weight is 465 g/mol. The highest BCUT2D eigenvalue weighted by molar-refractivity contribution is 7.09. The van der Waals surface area contributed by atoms with Crippen molar-refractivity contribution < 1.29 is 27.5 Å². The van der Waals surface area contributed by atoms with E-state index in [1.54, 1.807) is 27.0 Å². The van der Waals surface area contributed by atoms with Crippen LogP contribution in [0.1, 0.15) is 31.2 Å². The van der Waals surface area contributed by atoms with E-state index in [0.29, 0.717) is 4.88 Å². The third-order valence-corrected chi connectivity index (χ3v) is 5.25. The van der Waals surface area contributed by atoms with Crippen LogP contribution in [0.4, 0.5) is 18.0 Å². The molecular weight excluding hydrogens is 443 g/mol. The van der Waals surface area contributed by atoms with Gasteiger partial charge in [-0.1, -0.05) is 53.8 Å². The fourth-order valence-electron chi connectivity index (χ4n) is 2.95. The molecule has 0 aliphatic heterocycles. The molecule has 170 valence electrons. The molecule has 1 N–H and O–H groups in total. The number of nitrogens with zero attached hydrogens (tertiary/aromatic N) is 2. The number of ether oxygens (including phenoxy) is 1. The van der Waals surface area contributed by atoms with Crippen LogP contribution in [0.25, 0.3) is 10.8 Å². The van der Waals surface area contributed by atoms with Crippen LogP contribution in [0, 0.1) is 0 Å². The van der Waals surface area contributed by atoms with Gasteiger partial charge in [0.15, 0.2) is 4.80 Å². The lowest BCUT2D eigenvalue weighted by molar-refractivity contribution is -0.169. The van der Waals surface area contributed by atoms with Crippen LogP contribution in [-0.2, 0) is 22.6 Å². The molecule has 0 radical (unpaired) electrons. The van der Waals surface area contributed by atoms with Crippen molar-refractivity contribution in [3.05, 3.63) is 63.9 Å². The molecular formula is C22H22F3N3O3S. The van der Waals surface area contributed by atoms with Crippen molar-refractivity contribution in [2.75, 3.05) is 0 Å². The SMILES string of the molecule is CC(C)(C)OC(=O)NCc1cn(Cc2cccc3ccccc23)c(=NC(=O)C(F)(F)F)s1. The first-order valence-corrected chi connectivity index (χ1v) is 10.5. The normalized spacial score (nSPS) is 12.8. The third kappa shape index (κ3) is 6.19. The van der Waals surface area contributed by atoms with Gasteiger partial charge >= 0.3 is 18.2 Å². The quantitative estimate of drug-likeness (QED) is 0.604. The van der Waals surface area contributed by atoms with Gasteiger partial charge < -0.3 is 14.6 Å². The predicted molar refractivity (Wildman–Crippen MR) is 115 cm³/mol. The van der Waals surface area contributed by atoms with Gasteiger partial charge in [-0.2, -0.15) is 18.2 Å². The fraction of sp³-hybridized carbons (Fsp3) is 0.318. The number of nitrogens with one attached hydrogen (secondary N) is 1. The second kappa shape index (κ2) is 9.15. The van der Waals surface area contributed by atoms with Crippen molar-refractivity contribution in [3.8, 4) is 0 Å². The number of alkyl halides is 3. The van der Waals surface area contributed by atoms with Crippen LogP contribution in [0.3, 0.4) is 0 Å². The molecule has 0 fully saturated rings. The summed E-state index contributed by atoms with van der Waals surface area (Å²) in [5.74, 6) is -2.18. The number of fused-ring (bicyclic) bond motifs is 1. The van der Waals surface area contributed by atoms with Gasteiger partial charge in [0.1, 0.15) is 5.60 Å². The van der Waals surface area contributed by atoms with Gasteiger partial charge in [-0.15, -0.1) is 0 Å². The van der Waals surface area contributed by atoms with Gasteiger partial charge in [0.25, 0.3) is 0 Å². The zero-order valence-electron chi connectivity index (χ0n) is 17.7. The summed E-state index contributed by atoms with van der Waals surface area (Å²) in [6, 6.07) is 13.3. The zero-order chi connectivity index (χ0) is 23.5. The number of halogens is 3. The third-order valence-electron chi connectivity index (χ3n) is 4.23. The summed E-state index contributed by atoms with van der Waals surface area (Å²) in [7, 11) is 0. The van der Waals surface area contributed by atoms with Crippen LogP contribution in [-0.4, -0.2) is 28.3 Å². The van der Waals surface area contributed by atoms with E-state index in [1.165, 1.54) is 4.57 Å². The number of benzene rings is 2. The van der Waals surface area contributed by atoms with Crippen molar-refractivity contribution >= 4 is 34.1 Å². The van der Waals surface area contributed by atoms with Crippen LogP contribution in [0.5, 0.6) is 0 Å². The monoisotopic (exact) mass is 465 g/mol. The first kappa shape index (κ1) is 23.5. The maximum absolute atomic E-state index is 12.8. The molecule has 10 heteroatoms. The first-order chi connectivity index (χ1) is 14.9. The van der Waals surface area contributed by atoms with E-state index < -0.39 is 23.8 Å². The Morgan fingerprint density at radius 2 is 1.78 bits per heavy atom. The number of thiazole rings is 1. The lowest BCUT2D eigenvalue weighted by Crippen LogP contribution is -2.31. The van der Waals surface area contributed by atoms with Gasteiger partial charge in [-0.05, 0) is 37.1 Å². The highest BCUT2D eigenvalue weighted by Crippen LogP contribution is 2.20. The average Bonchev–Trinajstić information content (AvgIpc) is 3.06. The summed E-state index contributed by atoms with van der Waals surface area (Å²) in [5, 5.41) is 4.48. The Bertz CT molecular complexity index is 1200. The van der Waals surface area contributed by atoms with Crippen LogP contribution >= 0.6 is 11.3 Å². The van der Waals surface area contributed by atoms with Crippen molar-refractivity contribution in [2.24, 2.45) is 4.99 Å². The summed E-state index contributed by atoms with van der Waals surface area (Å²) >= 11 is 0.894.